The highest BCUT2D eigenvalue weighted by molar-refractivity contribution is 4.97. The van der Waals surface area contributed by atoms with E-state index in [0.29, 0.717) is 6.04 Å². The Hall–Kier alpha value is -0.120. The molecule has 0 aromatic rings. The fourth-order valence-electron chi connectivity index (χ4n) is 3.10. The maximum atomic E-state index is 6.12. The van der Waals surface area contributed by atoms with Crippen molar-refractivity contribution in [1.29, 1.82) is 0 Å². The normalized spacial score (nSPS) is 44.8. The van der Waals surface area contributed by atoms with Crippen LogP contribution in [0.5, 0.6) is 0 Å². The number of hydrogen-bond acceptors (Lipinski definition) is 3. The Kier molecular flexibility index (Phi) is 3.57. The predicted molar refractivity (Wildman–Crippen MR) is 64.6 cm³/mol. The lowest BCUT2D eigenvalue weighted by molar-refractivity contribution is -0.194. The second-order valence-electron chi connectivity index (χ2n) is 5.59. The van der Waals surface area contributed by atoms with Gasteiger partial charge < -0.3 is 14.8 Å². The molecule has 0 amide bonds. The molecule has 2 rings (SSSR count). The molecule has 2 fully saturated rings. The molecule has 94 valence electrons. The predicted octanol–water partition coefficient (Wildman–Crippen LogP) is 2.10. The zero-order chi connectivity index (χ0) is 11.6. The van der Waals surface area contributed by atoms with E-state index >= 15 is 0 Å². The van der Waals surface area contributed by atoms with Crippen molar-refractivity contribution in [2.24, 2.45) is 0 Å². The van der Waals surface area contributed by atoms with Gasteiger partial charge in [-0.15, -0.1) is 0 Å². The van der Waals surface area contributed by atoms with Gasteiger partial charge in [0.05, 0.1) is 17.8 Å². The molecule has 0 bridgehead atoms. The van der Waals surface area contributed by atoms with Gasteiger partial charge in [0.1, 0.15) is 0 Å². The molecule has 2 aliphatic rings. The zero-order valence-corrected chi connectivity index (χ0v) is 10.8. The third-order valence-corrected chi connectivity index (χ3v) is 4.35. The second-order valence-corrected chi connectivity index (χ2v) is 5.59. The Morgan fingerprint density at radius 3 is 2.81 bits per heavy atom. The summed E-state index contributed by atoms with van der Waals surface area (Å²) in [6, 6.07) is 0.618. The minimum atomic E-state index is 0.0217. The van der Waals surface area contributed by atoms with Crippen molar-refractivity contribution in [3.63, 3.8) is 0 Å². The van der Waals surface area contributed by atoms with Crippen molar-refractivity contribution in [3.05, 3.63) is 0 Å². The van der Waals surface area contributed by atoms with E-state index in [2.05, 4.69) is 26.2 Å². The van der Waals surface area contributed by atoms with E-state index in [0.717, 1.165) is 45.3 Å². The minimum Gasteiger partial charge on any atom is -0.375 e. The van der Waals surface area contributed by atoms with E-state index in [4.69, 9.17) is 9.47 Å². The standard InChI is InChI=1S/C13H25NO2/c1-4-12(2)10-13(6-8-15-12)9-11(14-3)5-7-16-13/h11,14H,4-10H2,1-3H3. The lowest BCUT2D eigenvalue weighted by Crippen LogP contribution is -2.54. The summed E-state index contributed by atoms with van der Waals surface area (Å²) < 4.78 is 12.0. The van der Waals surface area contributed by atoms with Crippen LogP contribution in [0.15, 0.2) is 0 Å². The van der Waals surface area contributed by atoms with Crippen molar-refractivity contribution in [2.45, 2.75) is 63.2 Å². The Bertz CT molecular complexity index is 242. The van der Waals surface area contributed by atoms with Crippen molar-refractivity contribution >= 4 is 0 Å². The van der Waals surface area contributed by atoms with Crippen LogP contribution >= 0.6 is 0 Å². The summed E-state index contributed by atoms with van der Waals surface area (Å²) in [5.41, 5.74) is 0.100. The summed E-state index contributed by atoms with van der Waals surface area (Å²) in [7, 11) is 2.06. The van der Waals surface area contributed by atoms with Crippen molar-refractivity contribution in [3.8, 4) is 0 Å². The number of nitrogens with one attached hydrogen (secondary N) is 1. The number of ether oxygens (including phenoxy) is 2. The molecule has 0 aromatic carbocycles. The zero-order valence-electron chi connectivity index (χ0n) is 10.8. The highest BCUT2D eigenvalue weighted by Gasteiger charge is 2.45. The fraction of sp³-hybridized carbons (Fsp3) is 1.00. The quantitative estimate of drug-likeness (QED) is 0.783. The second kappa shape index (κ2) is 4.63. The van der Waals surface area contributed by atoms with Crippen LogP contribution in [-0.2, 0) is 9.47 Å². The van der Waals surface area contributed by atoms with Crippen molar-refractivity contribution in [1.82, 2.24) is 5.32 Å². The average Bonchev–Trinajstić information content (AvgIpc) is 2.29. The van der Waals surface area contributed by atoms with Crippen LogP contribution in [0.2, 0.25) is 0 Å². The van der Waals surface area contributed by atoms with Gasteiger partial charge >= 0.3 is 0 Å². The third-order valence-electron chi connectivity index (χ3n) is 4.35. The lowest BCUT2D eigenvalue weighted by Gasteiger charge is -2.49. The first-order valence-electron chi connectivity index (χ1n) is 6.57. The molecule has 2 aliphatic heterocycles. The van der Waals surface area contributed by atoms with Gasteiger partial charge in [-0.1, -0.05) is 6.92 Å². The number of hydrogen-bond donors (Lipinski definition) is 1. The molecule has 16 heavy (non-hydrogen) atoms. The molecule has 0 radical (unpaired) electrons. The van der Waals surface area contributed by atoms with E-state index in [1.165, 1.54) is 0 Å². The van der Waals surface area contributed by atoms with E-state index in [-0.39, 0.29) is 11.2 Å². The SMILES string of the molecule is CCC1(C)CC2(CCO1)CC(NC)CCO2. The van der Waals surface area contributed by atoms with E-state index in [1.807, 2.05) is 0 Å². The Labute approximate surface area is 98.9 Å². The molecule has 2 heterocycles. The monoisotopic (exact) mass is 227 g/mol. The molecule has 2 saturated heterocycles. The highest BCUT2D eigenvalue weighted by Crippen LogP contribution is 2.41. The Morgan fingerprint density at radius 1 is 1.31 bits per heavy atom. The van der Waals surface area contributed by atoms with Gasteiger partial charge in [0.2, 0.25) is 0 Å². The molecular formula is C13H25NO2. The van der Waals surface area contributed by atoms with Gasteiger partial charge in [-0.25, -0.2) is 0 Å². The van der Waals surface area contributed by atoms with Crippen molar-refractivity contribution < 1.29 is 9.47 Å². The molecule has 3 nitrogen and oxygen atoms in total. The summed E-state index contributed by atoms with van der Waals surface area (Å²) in [4.78, 5) is 0. The van der Waals surface area contributed by atoms with Gasteiger partial charge in [-0.2, -0.15) is 0 Å². The average molecular weight is 227 g/mol. The van der Waals surface area contributed by atoms with Gasteiger partial charge in [0, 0.05) is 19.1 Å². The molecule has 1 spiro atoms. The summed E-state index contributed by atoms with van der Waals surface area (Å²) in [6.45, 7) is 6.17. The largest absolute Gasteiger partial charge is 0.375 e. The van der Waals surface area contributed by atoms with Crippen LogP contribution in [0.1, 0.15) is 46.0 Å². The first-order chi connectivity index (χ1) is 7.61. The van der Waals surface area contributed by atoms with E-state index in [1.54, 1.807) is 0 Å². The molecular weight excluding hydrogens is 202 g/mol. The maximum Gasteiger partial charge on any atom is 0.0746 e. The van der Waals surface area contributed by atoms with Crippen LogP contribution in [0.4, 0.5) is 0 Å². The van der Waals surface area contributed by atoms with Crippen LogP contribution < -0.4 is 5.32 Å². The molecule has 3 heteroatoms. The van der Waals surface area contributed by atoms with E-state index in [9.17, 15) is 0 Å². The minimum absolute atomic E-state index is 0.0217. The van der Waals surface area contributed by atoms with Gasteiger partial charge in [0.25, 0.3) is 0 Å². The maximum absolute atomic E-state index is 6.12. The number of rotatable bonds is 2. The summed E-state index contributed by atoms with van der Waals surface area (Å²) in [6.07, 6.45) is 5.46. The molecule has 1 N–H and O–H groups in total. The summed E-state index contributed by atoms with van der Waals surface area (Å²) in [5.74, 6) is 0. The third kappa shape index (κ3) is 2.41. The highest BCUT2D eigenvalue weighted by atomic mass is 16.5. The fourth-order valence-corrected chi connectivity index (χ4v) is 3.10. The summed E-state index contributed by atoms with van der Waals surface area (Å²) >= 11 is 0. The molecule has 3 unspecified atom stereocenters. The summed E-state index contributed by atoms with van der Waals surface area (Å²) in [5, 5.41) is 3.40. The van der Waals surface area contributed by atoms with Gasteiger partial charge in [0.15, 0.2) is 0 Å². The van der Waals surface area contributed by atoms with Crippen molar-refractivity contribution in [2.75, 3.05) is 20.3 Å². The first-order valence-corrected chi connectivity index (χ1v) is 6.57. The van der Waals surface area contributed by atoms with Crippen LogP contribution in [0.25, 0.3) is 0 Å². The first kappa shape index (κ1) is 12.3. The van der Waals surface area contributed by atoms with Crippen LogP contribution in [0, 0.1) is 0 Å². The molecule has 0 aromatic heterocycles. The molecule has 0 aliphatic carbocycles. The lowest BCUT2D eigenvalue weighted by atomic mass is 9.76. The van der Waals surface area contributed by atoms with Crippen LogP contribution in [-0.4, -0.2) is 37.5 Å². The molecule has 0 saturated carbocycles. The van der Waals surface area contributed by atoms with Gasteiger partial charge in [-0.05, 0) is 39.7 Å². The smallest absolute Gasteiger partial charge is 0.0746 e. The van der Waals surface area contributed by atoms with E-state index < -0.39 is 0 Å². The Morgan fingerprint density at radius 2 is 2.12 bits per heavy atom. The topological polar surface area (TPSA) is 30.5 Å². The van der Waals surface area contributed by atoms with Crippen LogP contribution in [0.3, 0.4) is 0 Å². The molecule has 3 atom stereocenters. The van der Waals surface area contributed by atoms with Gasteiger partial charge in [-0.3, -0.25) is 0 Å². The Balaban J connectivity index is 2.06.